The smallest absolute Gasteiger partial charge is 0.110 e. The number of nitrogens with zero attached hydrogens (tertiary/aromatic N) is 1. The molecule has 1 aromatic heterocycles. The topological polar surface area (TPSA) is 54.7 Å². The van der Waals surface area contributed by atoms with Crippen molar-refractivity contribution in [3.63, 3.8) is 0 Å². The van der Waals surface area contributed by atoms with Crippen molar-refractivity contribution in [3.05, 3.63) is 40.3 Å². The van der Waals surface area contributed by atoms with Crippen molar-refractivity contribution < 1.29 is 0 Å². The zero-order chi connectivity index (χ0) is 13.1. The third kappa shape index (κ3) is 2.65. The van der Waals surface area contributed by atoms with Gasteiger partial charge < -0.3 is 10.7 Å². The third-order valence-corrected chi connectivity index (χ3v) is 3.74. The lowest BCUT2D eigenvalue weighted by atomic mass is 10.1. The lowest BCUT2D eigenvalue weighted by molar-refractivity contribution is 0.639. The molecule has 0 saturated heterocycles. The van der Waals surface area contributed by atoms with Gasteiger partial charge in [-0.05, 0) is 31.0 Å². The summed E-state index contributed by atoms with van der Waals surface area (Å²) in [5.41, 5.74) is 9.21. The van der Waals surface area contributed by atoms with Crippen LogP contribution in [-0.2, 0) is 0 Å². The molecule has 3 nitrogen and oxygen atoms in total. The quantitative estimate of drug-likeness (QED) is 0.906. The Labute approximate surface area is 116 Å². The summed E-state index contributed by atoms with van der Waals surface area (Å²) in [6.07, 6.45) is 2.89. The van der Waals surface area contributed by atoms with E-state index in [2.05, 4.69) is 51.9 Å². The van der Waals surface area contributed by atoms with Crippen LogP contribution < -0.4 is 5.73 Å². The summed E-state index contributed by atoms with van der Waals surface area (Å²) >= 11 is 3.50. The molecule has 0 aliphatic rings. The molecule has 3 N–H and O–H groups in total. The van der Waals surface area contributed by atoms with Crippen LogP contribution in [0.4, 0.5) is 0 Å². The van der Waals surface area contributed by atoms with Gasteiger partial charge in [0.25, 0.3) is 0 Å². The van der Waals surface area contributed by atoms with E-state index >= 15 is 0 Å². The van der Waals surface area contributed by atoms with Crippen LogP contribution in [0, 0.1) is 6.92 Å². The zero-order valence-corrected chi connectivity index (χ0v) is 12.3. The highest BCUT2D eigenvalue weighted by atomic mass is 79.9. The number of hydrogen-bond donors (Lipinski definition) is 2. The number of aryl methyl sites for hydroxylation is 1. The molecule has 0 aliphatic carbocycles. The van der Waals surface area contributed by atoms with Gasteiger partial charge in [0.2, 0.25) is 0 Å². The van der Waals surface area contributed by atoms with Crippen LogP contribution in [0.25, 0.3) is 11.3 Å². The van der Waals surface area contributed by atoms with Gasteiger partial charge in [0.15, 0.2) is 0 Å². The van der Waals surface area contributed by atoms with Crippen LogP contribution in [0.1, 0.15) is 30.7 Å². The number of nitrogens with one attached hydrogen (secondary N) is 1. The van der Waals surface area contributed by atoms with Crippen molar-refractivity contribution in [1.29, 1.82) is 0 Å². The highest BCUT2D eigenvalue weighted by molar-refractivity contribution is 9.10. The Morgan fingerprint density at radius 2 is 2.22 bits per heavy atom. The molecule has 2 aromatic rings. The largest absolute Gasteiger partial charge is 0.342 e. The van der Waals surface area contributed by atoms with E-state index in [0.29, 0.717) is 12.5 Å². The molecular weight excluding hydrogens is 290 g/mol. The summed E-state index contributed by atoms with van der Waals surface area (Å²) in [5.74, 6) is 1.29. The highest BCUT2D eigenvalue weighted by Gasteiger charge is 2.13. The molecule has 4 heteroatoms. The van der Waals surface area contributed by atoms with Gasteiger partial charge in [-0.1, -0.05) is 28.9 Å². The maximum absolute atomic E-state index is 5.75. The number of nitrogens with two attached hydrogens (primary N) is 1. The van der Waals surface area contributed by atoms with Crippen molar-refractivity contribution in [2.24, 2.45) is 5.73 Å². The first-order chi connectivity index (χ1) is 8.65. The zero-order valence-electron chi connectivity index (χ0n) is 10.7. The Balaban J connectivity index is 2.37. The Hall–Kier alpha value is -1.13. The number of halogens is 1. The van der Waals surface area contributed by atoms with Gasteiger partial charge in [-0.15, -0.1) is 0 Å². The van der Waals surface area contributed by atoms with Gasteiger partial charge in [0, 0.05) is 22.5 Å². The van der Waals surface area contributed by atoms with Crippen molar-refractivity contribution in [1.82, 2.24) is 9.97 Å². The number of imidazole rings is 1. The average Bonchev–Trinajstić information content (AvgIpc) is 2.83. The Kier molecular flexibility index (Phi) is 4.19. The van der Waals surface area contributed by atoms with Crippen molar-refractivity contribution in [2.75, 3.05) is 6.54 Å². The van der Waals surface area contributed by atoms with Gasteiger partial charge in [0.05, 0.1) is 11.9 Å². The van der Waals surface area contributed by atoms with Gasteiger partial charge in [-0.25, -0.2) is 4.98 Å². The first-order valence-electron chi connectivity index (χ1n) is 6.17. The second-order valence-electron chi connectivity index (χ2n) is 4.48. The van der Waals surface area contributed by atoms with Crippen molar-refractivity contribution >= 4 is 15.9 Å². The number of hydrogen-bond acceptors (Lipinski definition) is 2. The van der Waals surface area contributed by atoms with E-state index < -0.39 is 0 Å². The first-order valence-corrected chi connectivity index (χ1v) is 6.96. The first kappa shape index (κ1) is 13.3. The predicted octanol–water partition coefficient (Wildman–Crippen LogP) is 3.60. The molecule has 0 radical (unpaired) electrons. The van der Waals surface area contributed by atoms with E-state index in [-0.39, 0.29) is 0 Å². The summed E-state index contributed by atoms with van der Waals surface area (Å²) in [6.45, 7) is 4.85. The van der Waals surface area contributed by atoms with Crippen LogP contribution in [0.5, 0.6) is 0 Å². The minimum absolute atomic E-state index is 0.311. The predicted molar refractivity (Wildman–Crippen MR) is 78.5 cm³/mol. The van der Waals surface area contributed by atoms with Gasteiger partial charge in [-0.3, -0.25) is 0 Å². The molecular formula is C14H18BrN3. The number of aromatic nitrogens is 2. The molecule has 0 bridgehead atoms. The van der Waals surface area contributed by atoms with Crippen molar-refractivity contribution in [2.45, 2.75) is 26.2 Å². The molecule has 96 valence electrons. The van der Waals surface area contributed by atoms with Crippen molar-refractivity contribution in [3.8, 4) is 11.3 Å². The van der Waals surface area contributed by atoms with Crippen LogP contribution in [-0.4, -0.2) is 16.5 Å². The normalized spacial score (nSPS) is 12.7. The van der Waals surface area contributed by atoms with E-state index in [4.69, 9.17) is 5.73 Å². The lowest BCUT2D eigenvalue weighted by Gasteiger charge is -2.08. The van der Waals surface area contributed by atoms with Crippen LogP contribution >= 0.6 is 15.9 Å². The molecule has 0 aliphatic heterocycles. The van der Waals surface area contributed by atoms with E-state index in [9.17, 15) is 0 Å². The molecule has 0 fully saturated rings. The number of benzene rings is 1. The van der Waals surface area contributed by atoms with E-state index in [1.165, 1.54) is 11.1 Å². The SMILES string of the molecule is CCC(CN)c1ncc(-c2cc(Br)ccc2C)[nH]1. The summed E-state index contributed by atoms with van der Waals surface area (Å²) in [5, 5.41) is 0. The fourth-order valence-electron chi connectivity index (χ4n) is 2.04. The minimum atomic E-state index is 0.311. The number of aromatic amines is 1. The monoisotopic (exact) mass is 307 g/mol. The fraction of sp³-hybridized carbons (Fsp3) is 0.357. The summed E-state index contributed by atoms with van der Waals surface area (Å²) < 4.78 is 1.07. The molecule has 1 heterocycles. The Morgan fingerprint density at radius 3 is 2.89 bits per heavy atom. The van der Waals surface area contributed by atoms with Gasteiger partial charge in [-0.2, -0.15) is 0 Å². The molecule has 0 spiro atoms. The third-order valence-electron chi connectivity index (χ3n) is 3.25. The molecule has 1 unspecified atom stereocenters. The number of rotatable bonds is 4. The van der Waals surface area contributed by atoms with Gasteiger partial charge in [0.1, 0.15) is 5.82 Å². The molecule has 0 saturated carbocycles. The van der Waals surface area contributed by atoms with E-state index in [1.807, 2.05) is 12.3 Å². The maximum atomic E-state index is 5.75. The average molecular weight is 308 g/mol. The van der Waals surface area contributed by atoms with E-state index in [1.54, 1.807) is 0 Å². The highest BCUT2D eigenvalue weighted by Crippen LogP contribution is 2.27. The fourth-order valence-corrected chi connectivity index (χ4v) is 2.40. The maximum Gasteiger partial charge on any atom is 0.110 e. The van der Waals surface area contributed by atoms with E-state index in [0.717, 1.165) is 22.4 Å². The van der Waals surface area contributed by atoms with Gasteiger partial charge >= 0.3 is 0 Å². The molecule has 2 rings (SSSR count). The van der Waals surface area contributed by atoms with Crippen LogP contribution in [0.2, 0.25) is 0 Å². The lowest BCUT2D eigenvalue weighted by Crippen LogP contribution is -2.12. The second kappa shape index (κ2) is 5.67. The Morgan fingerprint density at radius 1 is 1.44 bits per heavy atom. The summed E-state index contributed by atoms with van der Waals surface area (Å²) in [7, 11) is 0. The molecule has 0 amide bonds. The molecule has 18 heavy (non-hydrogen) atoms. The van der Waals surface area contributed by atoms with Crippen LogP contribution in [0.3, 0.4) is 0 Å². The second-order valence-corrected chi connectivity index (χ2v) is 5.40. The van der Waals surface area contributed by atoms with Crippen LogP contribution in [0.15, 0.2) is 28.9 Å². The summed E-state index contributed by atoms with van der Waals surface area (Å²) in [4.78, 5) is 7.84. The number of H-pyrrole nitrogens is 1. The minimum Gasteiger partial charge on any atom is -0.342 e. The molecule has 1 aromatic carbocycles. The standard InChI is InChI=1S/C14H18BrN3/c1-3-10(7-16)14-17-8-13(18-14)12-6-11(15)5-4-9(12)2/h4-6,8,10H,3,7,16H2,1-2H3,(H,17,18). The molecule has 1 atom stereocenters. The summed E-state index contributed by atoms with van der Waals surface area (Å²) in [6, 6.07) is 6.25. The Bertz CT molecular complexity index is 530.